The molecule has 0 radical (unpaired) electrons. The molecular weight excluding hydrogens is 238 g/mol. The first kappa shape index (κ1) is 15.0. The fourth-order valence-electron chi connectivity index (χ4n) is 2.29. The van der Waals surface area contributed by atoms with E-state index in [4.69, 9.17) is 0 Å². The predicted octanol–water partition coefficient (Wildman–Crippen LogP) is 3.09. The highest BCUT2D eigenvalue weighted by atomic mass is 14.2. The van der Waals surface area contributed by atoms with E-state index >= 15 is 0 Å². The smallest absolute Gasteiger partial charge is 0.0632 e. The maximum atomic E-state index is 2.37. The zero-order chi connectivity index (χ0) is 15.0. The summed E-state index contributed by atoms with van der Waals surface area (Å²) in [7, 11) is 4.56. The SMILES string of the molecule is BC(C)(C)c1cc(-c2ccccc2)cc(C(B)(C)C)c1. The average Bonchev–Trinajstić information content (AvgIpc) is 2.37. The second-order valence-corrected chi connectivity index (χ2v) is 7.67. The average molecular weight is 262 g/mol. The number of rotatable bonds is 3. The number of benzene rings is 2. The second kappa shape index (κ2) is 5.16. The van der Waals surface area contributed by atoms with E-state index in [9.17, 15) is 0 Å². The van der Waals surface area contributed by atoms with Gasteiger partial charge in [0.15, 0.2) is 0 Å². The van der Waals surface area contributed by atoms with Gasteiger partial charge in [-0.15, -0.1) is 0 Å². The van der Waals surface area contributed by atoms with Gasteiger partial charge in [0, 0.05) is 0 Å². The van der Waals surface area contributed by atoms with Gasteiger partial charge < -0.3 is 0 Å². The molecule has 0 nitrogen and oxygen atoms in total. The van der Waals surface area contributed by atoms with Crippen LogP contribution in [0.1, 0.15) is 38.8 Å². The van der Waals surface area contributed by atoms with Crippen LogP contribution in [0.25, 0.3) is 11.1 Å². The minimum absolute atomic E-state index is 0.171. The highest BCUT2D eigenvalue weighted by Crippen LogP contribution is 2.31. The van der Waals surface area contributed by atoms with Gasteiger partial charge >= 0.3 is 0 Å². The van der Waals surface area contributed by atoms with Crippen LogP contribution in [0.3, 0.4) is 0 Å². The topological polar surface area (TPSA) is 0 Å². The normalized spacial score (nSPS) is 12.4. The summed E-state index contributed by atoms with van der Waals surface area (Å²) in [5.74, 6) is 0. The van der Waals surface area contributed by atoms with Crippen molar-refractivity contribution in [2.24, 2.45) is 0 Å². The van der Waals surface area contributed by atoms with Gasteiger partial charge in [0.1, 0.15) is 15.7 Å². The summed E-state index contributed by atoms with van der Waals surface area (Å²) in [6.45, 7) is 9.13. The lowest BCUT2D eigenvalue weighted by Crippen LogP contribution is -2.21. The van der Waals surface area contributed by atoms with E-state index < -0.39 is 0 Å². The Bertz CT molecular complexity index is 555. The summed E-state index contributed by atoms with van der Waals surface area (Å²) in [6, 6.07) is 17.7. The molecule has 2 aromatic rings. The summed E-state index contributed by atoms with van der Waals surface area (Å²) < 4.78 is 0. The van der Waals surface area contributed by atoms with E-state index in [-0.39, 0.29) is 10.6 Å². The quantitative estimate of drug-likeness (QED) is 0.745. The Morgan fingerprint density at radius 3 is 1.50 bits per heavy atom. The van der Waals surface area contributed by atoms with E-state index in [1.54, 1.807) is 0 Å². The minimum Gasteiger partial charge on any atom is -0.0632 e. The van der Waals surface area contributed by atoms with Crippen LogP contribution >= 0.6 is 0 Å². The molecule has 0 bridgehead atoms. The maximum absolute atomic E-state index is 2.37. The molecule has 0 unspecified atom stereocenters. The van der Waals surface area contributed by atoms with Crippen LogP contribution in [0, 0.1) is 0 Å². The third-order valence-electron chi connectivity index (χ3n) is 3.77. The molecule has 2 heteroatoms. The highest BCUT2D eigenvalue weighted by Gasteiger charge is 2.20. The monoisotopic (exact) mass is 262 g/mol. The summed E-state index contributed by atoms with van der Waals surface area (Å²) in [5, 5.41) is 0.343. The van der Waals surface area contributed by atoms with Crippen LogP contribution in [0.15, 0.2) is 48.5 Å². The Labute approximate surface area is 125 Å². The van der Waals surface area contributed by atoms with Crippen LogP contribution < -0.4 is 0 Å². The van der Waals surface area contributed by atoms with Gasteiger partial charge in [0.25, 0.3) is 0 Å². The first-order valence-corrected chi connectivity index (χ1v) is 7.39. The van der Waals surface area contributed by atoms with Crippen LogP contribution in [-0.4, -0.2) is 15.7 Å². The van der Waals surface area contributed by atoms with Crippen LogP contribution in [0.4, 0.5) is 0 Å². The van der Waals surface area contributed by atoms with Crippen molar-refractivity contribution in [3.63, 3.8) is 0 Å². The Morgan fingerprint density at radius 1 is 0.650 bits per heavy atom. The van der Waals surface area contributed by atoms with Crippen molar-refractivity contribution < 1.29 is 0 Å². The zero-order valence-electron chi connectivity index (χ0n) is 13.6. The highest BCUT2D eigenvalue weighted by molar-refractivity contribution is 6.16. The molecule has 0 saturated carbocycles. The molecule has 20 heavy (non-hydrogen) atoms. The number of hydrogen-bond acceptors (Lipinski definition) is 0. The van der Waals surface area contributed by atoms with Crippen molar-refractivity contribution in [2.75, 3.05) is 0 Å². The fourth-order valence-corrected chi connectivity index (χ4v) is 2.29. The van der Waals surface area contributed by atoms with Crippen molar-refractivity contribution in [3.05, 3.63) is 59.7 Å². The standard InChI is InChI=1S/C18H24B2/c1-17(2,19)15-10-14(13-8-6-5-7-9-13)11-16(12-15)18(3,4)20/h5-12H,19-20H2,1-4H3. The summed E-state index contributed by atoms with van der Waals surface area (Å²) >= 11 is 0. The molecule has 0 fully saturated rings. The largest absolute Gasteiger partial charge is 0.114 e. The maximum Gasteiger partial charge on any atom is 0.114 e. The first-order chi connectivity index (χ1) is 9.18. The zero-order valence-corrected chi connectivity index (χ0v) is 13.6. The Balaban J connectivity index is 2.64. The van der Waals surface area contributed by atoms with Crippen LogP contribution in [0.2, 0.25) is 0 Å². The molecule has 0 aliphatic rings. The lowest BCUT2D eigenvalue weighted by molar-refractivity contribution is 0.736. The Hall–Kier alpha value is -1.43. The van der Waals surface area contributed by atoms with E-state index in [1.807, 2.05) is 0 Å². The van der Waals surface area contributed by atoms with Gasteiger partial charge in [0.2, 0.25) is 0 Å². The molecule has 2 aromatic carbocycles. The van der Waals surface area contributed by atoms with Crippen molar-refractivity contribution in [1.29, 1.82) is 0 Å². The van der Waals surface area contributed by atoms with Gasteiger partial charge in [-0.3, -0.25) is 0 Å². The molecule has 0 aliphatic heterocycles. The van der Waals surface area contributed by atoms with E-state index in [1.165, 1.54) is 22.3 Å². The minimum atomic E-state index is 0.171. The van der Waals surface area contributed by atoms with Gasteiger partial charge in [-0.05, 0) is 32.9 Å². The van der Waals surface area contributed by atoms with Crippen molar-refractivity contribution in [1.82, 2.24) is 0 Å². The van der Waals surface area contributed by atoms with E-state index in [0.29, 0.717) is 0 Å². The molecular formula is C18H24B2. The molecule has 0 N–H and O–H groups in total. The molecule has 0 spiro atoms. The molecule has 102 valence electrons. The van der Waals surface area contributed by atoms with Crippen LogP contribution in [0.5, 0.6) is 0 Å². The molecule has 0 aliphatic carbocycles. The van der Waals surface area contributed by atoms with E-state index in [0.717, 1.165) is 0 Å². The van der Waals surface area contributed by atoms with Crippen LogP contribution in [-0.2, 0) is 10.6 Å². The lowest BCUT2D eigenvalue weighted by atomic mass is 9.63. The third-order valence-corrected chi connectivity index (χ3v) is 3.77. The summed E-state index contributed by atoms with van der Waals surface area (Å²) in [5.41, 5.74) is 5.43. The van der Waals surface area contributed by atoms with Gasteiger partial charge in [-0.2, -0.15) is 0 Å². The Kier molecular flexibility index (Phi) is 3.86. The van der Waals surface area contributed by atoms with Gasteiger partial charge in [-0.25, -0.2) is 0 Å². The predicted molar refractivity (Wildman–Crippen MR) is 95.0 cm³/mol. The van der Waals surface area contributed by atoms with E-state index in [2.05, 4.69) is 91.9 Å². The van der Waals surface area contributed by atoms with Crippen molar-refractivity contribution in [3.8, 4) is 11.1 Å². The second-order valence-electron chi connectivity index (χ2n) is 7.67. The lowest BCUT2D eigenvalue weighted by Gasteiger charge is -2.26. The first-order valence-electron chi connectivity index (χ1n) is 7.39. The van der Waals surface area contributed by atoms with Crippen molar-refractivity contribution >= 4 is 15.7 Å². The summed E-state index contributed by atoms with van der Waals surface area (Å²) in [4.78, 5) is 0. The summed E-state index contributed by atoms with van der Waals surface area (Å²) in [6.07, 6.45) is 0. The molecule has 0 saturated heterocycles. The van der Waals surface area contributed by atoms with Crippen molar-refractivity contribution in [2.45, 2.75) is 38.3 Å². The fraction of sp³-hybridized carbons (Fsp3) is 0.333. The Morgan fingerprint density at radius 2 is 1.10 bits per heavy atom. The van der Waals surface area contributed by atoms with Gasteiger partial charge in [0.05, 0.1) is 0 Å². The number of hydrogen-bond donors (Lipinski definition) is 0. The molecule has 0 heterocycles. The molecule has 2 rings (SSSR count). The molecule has 0 aromatic heterocycles. The molecule has 0 amide bonds. The van der Waals surface area contributed by atoms with Gasteiger partial charge in [-0.1, -0.05) is 76.2 Å². The third kappa shape index (κ3) is 3.36. The molecule has 0 atom stereocenters.